The van der Waals surface area contributed by atoms with E-state index in [9.17, 15) is 4.79 Å². The highest BCUT2D eigenvalue weighted by atomic mass is 79.9. The van der Waals surface area contributed by atoms with Gasteiger partial charge in [-0.1, -0.05) is 34.5 Å². The molecule has 0 N–H and O–H groups in total. The fourth-order valence-corrected chi connectivity index (χ4v) is 1.82. The molecule has 0 saturated heterocycles. The molecule has 1 aliphatic rings. The van der Waals surface area contributed by atoms with Crippen LogP contribution < -0.4 is 0 Å². The minimum atomic E-state index is -0.148. The first-order valence-electron chi connectivity index (χ1n) is 4.07. The highest BCUT2D eigenvalue weighted by molar-refractivity contribution is 9.09. The maximum atomic E-state index is 11.1. The molecule has 1 rings (SSSR count). The van der Waals surface area contributed by atoms with E-state index in [4.69, 9.17) is 0 Å². The summed E-state index contributed by atoms with van der Waals surface area (Å²) in [4.78, 5) is 11.3. The lowest BCUT2D eigenvalue weighted by atomic mass is 9.90. The number of allylic oxidation sites excluding steroid dienone is 2. The summed E-state index contributed by atoms with van der Waals surface area (Å²) >= 11 is 3.49. The van der Waals surface area contributed by atoms with E-state index in [-0.39, 0.29) is 16.7 Å². The van der Waals surface area contributed by atoms with Gasteiger partial charge in [-0.25, -0.2) is 0 Å². The summed E-state index contributed by atoms with van der Waals surface area (Å²) in [5.41, 5.74) is 1.33. The summed E-state index contributed by atoms with van der Waals surface area (Å²) in [6.07, 6.45) is 4.42. The molecular weight excluding hydrogens is 220 g/mol. The molecule has 3 heteroatoms. The second kappa shape index (κ2) is 4.08. The van der Waals surface area contributed by atoms with Crippen molar-refractivity contribution in [1.82, 2.24) is 0 Å². The van der Waals surface area contributed by atoms with Crippen molar-refractivity contribution in [3.8, 4) is 0 Å². The molecule has 0 aromatic heterocycles. The summed E-state index contributed by atoms with van der Waals surface area (Å²) in [5, 5.41) is 0. The minimum Gasteiger partial charge on any atom is -0.469 e. The molecule has 0 spiro atoms. The molecule has 1 aliphatic carbocycles. The van der Waals surface area contributed by atoms with Gasteiger partial charge < -0.3 is 4.74 Å². The number of rotatable bonds is 3. The van der Waals surface area contributed by atoms with Crippen LogP contribution in [0.25, 0.3) is 0 Å². The van der Waals surface area contributed by atoms with E-state index >= 15 is 0 Å². The van der Waals surface area contributed by atoms with Gasteiger partial charge in [0.2, 0.25) is 0 Å². The highest BCUT2D eigenvalue weighted by Gasteiger charge is 2.27. The lowest BCUT2D eigenvalue weighted by Crippen LogP contribution is -2.25. The van der Waals surface area contributed by atoms with Crippen LogP contribution in [0, 0.1) is 5.92 Å². The molecule has 12 heavy (non-hydrogen) atoms. The van der Waals surface area contributed by atoms with Gasteiger partial charge >= 0.3 is 5.97 Å². The van der Waals surface area contributed by atoms with Crippen LogP contribution >= 0.6 is 15.9 Å². The van der Waals surface area contributed by atoms with Crippen LogP contribution in [0.15, 0.2) is 11.6 Å². The molecule has 0 aliphatic heterocycles. The Hall–Kier alpha value is -0.310. The Kier molecular flexibility index (Phi) is 3.32. The summed E-state index contributed by atoms with van der Waals surface area (Å²) in [5.74, 6) is -0.230. The first kappa shape index (κ1) is 9.78. The predicted molar refractivity (Wildman–Crippen MR) is 51.2 cm³/mol. The van der Waals surface area contributed by atoms with E-state index in [1.54, 1.807) is 0 Å². The second-order valence-corrected chi connectivity index (χ2v) is 4.02. The lowest BCUT2D eigenvalue weighted by molar-refractivity contribution is -0.144. The zero-order chi connectivity index (χ0) is 9.14. The summed E-state index contributed by atoms with van der Waals surface area (Å²) in [6.45, 7) is 1.88. The van der Waals surface area contributed by atoms with Crippen LogP contribution in [0.1, 0.15) is 19.8 Å². The first-order valence-corrected chi connectivity index (χ1v) is 4.99. The Morgan fingerprint density at radius 1 is 1.75 bits per heavy atom. The quantitative estimate of drug-likeness (QED) is 0.424. The largest absolute Gasteiger partial charge is 0.469 e. The predicted octanol–water partition coefficient (Wildman–Crippen LogP) is 2.28. The minimum absolute atomic E-state index is 0.0819. The smallest absolute Gasteiger partial charge is 0.309 e. The molecule has 0 aromatic carbocycles. The fourth-order valence-electron chi connectivity index (χ4n) is 1.19. The Labute approximate surface area is 81.1 Å². The van der Waals surface area contributed by atoms with Crippen molar-refractivity contribution in [2.24, 2.45) is 5.92 Å². The zero-order valence-electron chi connectivity index (χ0n) is 7.34. The Balaban J connectivity index is 2.51. The second-order valence-electron chi connectivity index (χ2n) is 3.03. The van der Waals surface area contributed by atoms with Gasteiger partial charge in [-0.3, -0.25) is 4.79 Å². The first-order chi connectivity index (χ1) is 5.66. The van der Waals surface area contributed by atoms with Crippen molar-refractivity contribution in [2.45, 2.75) is 24.6 Å². The van der Waals surface area contributed by atoms with E-state index in [0.717, 1.165) is 12.8 Å². The SMILES string of the molecule is COC(=O)C(C)C(Br)C1=CCC1. The van der Waals surface area contributed by atoms with Gasteiger partial charge in [0.05, 0.1) is 13.0 Å². The van der Waals surface area contributed by atoms with Gasteiger partial charge in [0.15, 0.2) is 0 Å². The van der Waals surface area contributed by atoms with E-state index < -0.39 is 0 Å². The van der Waals surface area contributed by atoms with Crippen molar-refractivity contribution >= 4 is 21.9 Å². The maximum absolute atomic E-state index is 11.1. The van der Waals surface area contributed by atoms with Crippen LogP contribution in [0.2, 0.25) is 0 Å². The number of carbonyl (C=O) groups excluding carboxylic acids is 1. The third kappa shape index (κ3) is 1.89. The van der Waals surface area contributed by atoms with Gasteiger partial charge in [0.1, 0.15) is 0 Å². The molecule has 2 unspecified atom stereocenters. The molecule has 68 valence electrons. The number of hydrogen-bond acceptors (Lipinski definition) is 2. The number of carbonyl (C=O) groups is 1. The summed E-state index contributed by atoms with van der Waals surface area (Å²) in [7, 11) is 1.42. The average Bonchev–Trinajstić information content (AvgIpc) is 1.98. The van der Waals surface area contributed by atoms with Crippen molar-refractivity contribution in [3.05, 3.63) is 11.6 Å². The molecule has 0 bridgehead atoms. The van der Waals surface area contributed by atoms with Crippen molar-refractivity contribution < 1.29 is 9.53 Å². The van der Waals surface area contributed by atoms with E-state index in [1.165, 1.54) is 12.7 Å². The monoisotopic (exact) mass is 232 g/mol. The van der Waals surface area contributed by atoms with E-state index in [0.29, 0.717) is 0 Å². The van der Waals surface area contributed by atoms with Gasteiger partial charge in [-0.05, 0) is 12.8 Å². The number of hydrogen-bond donors (Lipinski definition) is 0. The number of alkyl halides is 1. The van der Waals surface area contributed by atoms with E-state index in [1.807, 2.05) is 6.92 Å². The number of ether oxygens (including phenoxy) is 1. The normalized spacial score (nSPS) is 20.4. The number of methoxy groups -OCH3 is 1. The molecule has 0 aromatic rings. The number of esters is 1. The molecule has 0 heterocycles. The fraction of sp³-hybridized carbons (Fsp3) is 0.667. The molecule has 0 radical (unpaired) electrons. The van der Waals surface area contributed by atoms with Gasteiger partial charge in [-0.15, -0.1) is 0 Å². The molecule has 0 amide bonds. The molecule has 0 saturated carbocycles. The molecule has 2 nitrogen and oxygen atoms in total. The molecular formula is C9H13BrO2. The number of halogens is 1. The van der Waals surface area contributed by atoms with Gasteiger partial charge in [0, 0.05) is 4.83 Å². The third-order valence-corrected chi connectivity index (χ3v) is 3.59. The highest BCUT2D eigenvalue weighted by Crippen LogP contribution is 2.31. The van der Waals surface area contributed by atoms with Crippen LogP contribution in [0.5, 0.6) is 0 Å². The van der Waals surface area contributed by atoms with Crippen LogP contribution in [0.3, 0.4) is 0 Å². The Morgan fingerprint density at radius 2 is 2.33 bits per heavy atom. The standard InChI is InChI=1S/C9H13BrO2/c1-6(9(11)12-2)8(10)7-4-3-5-7/h4,6,8H,3,5H2,1-2H3. The maximum Gasteiger partial charge on any atom is 0.309 e. The third-order valence-electron chi connectivity index (χ3n) is 2.21. The zero-order valence-corrected chi connectivity index (χ0v) is 8.93. The lowest BCUT2D eigenvalue weighted by Gasteiger charge is -2.23. The summed E-state index contributed by atoms with van der Waals surface area (Å²) in [6, 6.07) is 0. The Bertz CT molecular complexity index is 211. The van der Waals surface area contributed by atoms with Crippen LogP contribution in [-0.2, 0) is 9.53 Å². The van der Waals surface area contributed by atoms with Crippen molar-refractivity contribution in [3.63, 3.8) is 0 Å². The molecule has 2 atom stereocenters. The average molecular weight is 233 g/mol. The van der Waals surface area contributed by atoms with Gasteiger partial charge in [-0.2, -0.15) is 0 Å². The van der Waals surface area contributed by atoms with Crippen molar-refractivity contribution in [2.75, 3.05) is 7.11 Å². The van der Waals surface area contributed by atoms with E-state index in [2.05, 4.69) is 26.7 Å². The van der Waals surface area contributed by atoms with Crippen LogP contribution in [-0.4, -0.2) is 17.9 Å². The van der Waals surface area contributed by atoms with Crippen LogP contribution in [0.4, 0.5) is 0 Å². The van der Waals surface area contributed by atoms with Crippen molar-refractivity contribution in [1.29, 1.82) is 0 Å². The topological polar surface area (TPSA) is 26.3 Å². The Morgan fingerprint density at radius 3 is 2.67 bits per heavy atom. The molecule has 0 fully saturated rings. The van der Waals surface area contributed by atoms with Gasteiger partial charge in [0.25, 0.3) is 0 Å². The summed E-state index contributed by atoms with van der Waals surface area (Å²) < 4.78 is 4.66.